The zero-order valence-electron chi connectivity index (χ0n) is 10.9. The first-order valence-electron chi connectivity index (χ1n) is 6.18. The van der Waals surface area contributed by atoms with Gasteiger partial charge in [0.15, 0.2) is 0 Å². The van der Waals surface area contributed by atoms with Crippen LogP contribution in [0.25, 0.3) is 0 Å². The lowest BCUT2D eigenvalue weighted by Gasteiger charge is -2.21. The van der Waals surface area contributed by atoms with E-state index in [0.29, 0.717) is 11.5 Å². The van der Waals surface area contributed by atoms with E-state index in [9.17, 15) is 4.79 Å². The molecule has 1 amide bonds. The Labute approximate surface area is 126 Å². The predicted octanol–water partition coefficient (Wildman–Crippen LogP) is 4.64. The van der Waals surface area contributed by atoms with Crippen molar-refractivity contribution in [3.05, 3.63) is 56.7 Å². The number of rotatable bonds is 4. The molecule has 0 bridgehead atoms. The third-order valence-electron chi connectivity index (χ3n) is 2.89. The number of halogens is 1. The van der Waals surface area contributed by atoms with E-state index in [2.05, 4.69) is 41.2 Å². The Balaban J connectivity index is 2.16. The van der Waals surface area contributed by atoms with Crippen LogP contribution in [0.1, 0.15) is 35.1 Å². The zero-order valence-corrected chi connectivity index (χ0v) is 13.3. The Kier molecular flexibility index (Phi) is 4.77. The first kappa shape index (κ1) is 14.3. The molecule has 1 aromatic heterocycles. The average Bonchev–Trinajstić information content (AvgIpc) is 2.88. The van der Waals surface area contributed by atoms with Gasteiger partial charge in [-0.1, -0.05) is 41.9 Å². The molecular formula is C15H16BrNOS. The van der Waals surface area contributed by atoms with Gasteiger partial charge in [-0.2, -0.15) is 0 Å². The van der Waals surface area contributed by atoms with Gasteiger partial charge in [0.1, 0.15) is 0 Å². The van der Waals surface area contributed by atoms with Crippen molar-refractivity contribution in [2.45, 2.75) is 19.9 Å². The van der Waals surface area contributed by atoms with Gasteiger partial charge in [0.2, 0.25) is 0 Å². The fourth-order valence-electron chi connectivity index (χ4n) is 1.89. The molecule has 0 fully saturated rings. The Bertz CT molecular complexity index is 551. The molecule has 1 aromatic carbocycles. The van der Waals surface area contributed by atoms with Crippen LogP contribution in [-0.2, 0) is 0 Å². The molecule has 4 heteroatoms. The second-order valence-electron chi connectivity index (χ2n) is 4.72. The maximum atomic E-state index is 12.3. The van der Waals surface area contributed by atoms with Gasteiger partial charge in [-0.25, -0.2) is 0 Å². The summed E-state index contributed by atoms with van der Waals surface area (Å²) in [6.07, 6.45) is 0. The largest absolute Gasteiger partial charge is 0.344 e. The Morgan fingerprint density at radius 3 is 2.63 bits per heavy atom. The molecule has 0 radical (unpaired) electrons. The van der Waals surface area contributed by atoms with Gasteiger partial charge in [0.25, 0.3) is 5.91 Å². The van der Waals surface area contributed by atoms with Crippen LogP contribution in [-0.4, -0.2) is 5.91 Å². The number of nitrogens with one attached hydrogen (secondary N) is 1. The molecule has 2 aromatic rings. The number of carbonyl (C=O) groups excluding carboxylic acids is 1. The lowest BCUT2D eigenvalue weighted by Crippen LogP contribution is -2.31. The van der Waals surface area contributed by atoms with Crippen LogP contribution >= 0.6 is 27.3 Å². The van der Waals surface area contributed by atoms with Crippen molar-refractivity contribution in [3.8, 4) is 0 Å². The third kappa shape index (κ3) is 3.67. The lowest BCUT2D eigenvalue weighted by molar-refractivity contribution is 0.0926. The summed E-state index contributed by atoms with van der Waals surface area (Å²) in [5.41, 5.74) is 0.677. The Morgan fingerprint density at radius 1 is 1.26 bits per heavy atom. The highest BCUT2D eigenvalue weighted by Gasteiger charge is 2.19. The van der Waals surface area contributed by atoms with Gasteiger partial charge in [-0.05, 0) is 35.6 Å². The number of amides is 1. The molecule has 19 heavy (non-hydrogen) atoms. The molecule has 2 nitrogen and oxygen atoms in total. The van der Waals surface area contributed by atoms with Crippen molar-refractivity contribution >= 4 is 33.2 Å². The summed E-state index contributed by atoms with van der Waals surface area (Å²) in [6, 6.07) is 11.6. The summed E-state index contributed by atoms with van der Waals surface area (Å²) >= 11 is 5.06. The quantitative estimate of drug-likeness (QED) is 0.865. The first-order valence-corrected chi connectivity index (χ1v) is 7.85. The highest BCUT2D eigenvalue weighted by molar-refractivity contribution is 9.10. The Morgan fingerprint density at radius 2 is 2.05 bits per heavy atom. The van der Waals surface area contributed by atoms with Gasteiger partial charge in [-0.15, -0.1) is 11.3 Å². The van der Waals surface area contributed by atoms with Crippen LogP contribution in [0, 0.1) is 5.92 Å². The minimum atomic E-state index is -0.0339. The zero-order chi connectivity index (χ0) is 13.8. The van der Waals surface area contributed by atoms with Crippen molar-refractivity contribution < 1.29 is 4.79 Å². The summed E-state index contributed by atoms with van der Waals surface area (Å²) in [4.78, 5) is 13.5. The van der Waals surface area contributed by atoms with E-state index >= 15 is 0 Å². The van der Waals surface area contributed by atoms with E-state index in [1.807, 2.05) is 35.7 Å². The van der Waals surface area contributed by atoms with Gasteiger partial charge in [0.05, 0.1) is 6.04 Å². The molecule has 0 aliphatic heterocycles. The molecule has 0 saturated heterocycles. The van der Waals surface area contributed by atoms with Crippen LogP contribution in [0.4, 0.5) is 0 Å². The van der Waals surface area contributed by atoms with E-state index in [0.717, 1.165) is 4.47 Å². The minimum Gasteiger partial charge on any atom is -0.344 e. The standard InChI is InChI=1S/C15H16BrNOS/c1-10(2)14(13-7-4-8-19-13)17-15(18)11-5-3-6-12(16)9-11/h3-10,14H,1-2H3,(H,17,18). The second-order valence-corrected chi connectivity index (χ2v) is 6.62. The summed E-state index contributed by atoms with van der Waals surface area (Å²) in [7, 11) is 0. The SMILES string of the molecule is CC(C)C(NC(=O)c1cccc(Br)c1)c1cccs1. The lowest BCUT2D eigenvalue weighted by atomic mass is 10.0. The van der Waals surface area contributed by atoms with E-state index in [4.69, 9.17) is 0 Å². The number of thiophene rings is 1. The van der Waals surface area contributed by atoms with E-state index in [1.54, 1.807) is 11.3 Å². The average molecular weight is 338 g/mol. The minimum absolute atomic E-state index is 0.0339. The van der Waals surface area contributed by atoms with Crippen molar-refractivity contribution in [2.75, 3.05) is 0 Å². The maximum absolute atomic E-state index is 12.3. The summed E-state index contributed by atoms with van der Waals surface area (Å²) in [6.45, 7) is 4.23. The molecule has 0 spiro atoms. The topological polar surface area (TPSA) is 29.1 Å². The van der Waals surface area contributed by atoms with Crippen molar-refractivity contribution in [3.63, 3.8) is 0 Å². The summed E-state index contributed by atoms with van der Waals surface area (Å²) < 4.78 is 0.914. The van der Waals surface area contributed by atoms with Crippen LogP contribution in [0.2, 0.25) is 0 Å². The highest BCUT2D eigenvalue weighted by Crippen LogP contribution is 2.26. The summed E-state index contributed by atoms with van der Waals surface area (Å²) in [5, 5.41) is 5.15. The molecule has 1 N–H and O–H groups in total. The normalized spacial score (nSPS) is 12.4. The monoisotopic (exact) mass is 337 g/mol. The van der Waals surface area contributed by atoms with Crippen molar-refractivity contribution in [2.24, 2.45) is 5.92 Å². The Hall–Kier alpha value is -1.13. The predicted molar refractivity (Wildman–Crippen MR) is 83.5 cm³/mol. The number of benzene rings is 1. The van der Waals surface area contributed by atoms with Crippen molar-refractivity contribution in [1.82, 2.24) is 5.32 Å². The molecule has 100 valence electrons. The molecule has 2 rings (SSSR count). The molecule has 1 unspecified atom stereocenters. The number of hydrogen-bond acceptors (Lipinski definition) is 2. The number of hydrogen-bond donors (Lipinski definition) is 1. The maximum Gasteiger partial charge on any atom is 0.251 e. The van der Waals surface area contributed by atoms with Gasteiger partial charge < -0.3 is 5.32 Å². The molecule has 0 saturated carbocycles. The van der Waals surface area contributed by atoms with E-state index < -0.39 is 0 Å². The van der Waals surface area contributed by atoms with Gasteiger partial charge in [-0.3, -0.25) is 4.79 Å². The summed E-state index contributed by atoms with van der Waals surface area (Å²) in [5.74, 6) is 0.322. The molecular weight excluding hydrogens is 322 g/mol. The van der Waals surface area contributed by atoms with Crippen molar-refractivity contribution in [1.29, 1.82) is 0 Å². The number of carbonyl (C=O) groups is 1. The third-order valence-corrected chi connectivity index (χ3v) is 4.34. The van der Waals surface area contributed by atoms with Gasteiger partial charge >= 0.3 is 0 Å². The molecule has 0 aliphatic rings. The van der Waals surface area contributed by atoms with E-state index in [1.165, 1.54) is 4.88 Å². The second kappa shape index (κ2) is 6.35. The van der Waals surface area contributed by atoms with Gasteiger partial charge in [0, 0.05) is 14.9 Å². The smallest absolute Gasteiger partial charge is 0.251 e. The first-order chi connectivity index (χ1) is 9.08. The molecule has 0 aliphatic carbocycles. The van der Waals surface area contributed by atoms with E-state index in [-0.39, 0.29) is 11.9 Å². The van der Waals surface area contributed by atoms with Crippen LogP contribution in [0.5, 0.6) is 0 Å². The molecule has 1 heterocycles. The van der Waals surface area contributed by atoms with Crippen LogP contribution in [0.3, 0.4) is 0 Å². The fourth-order valence-corrected chi connectivity index (χ4v) is 3.24. The fraction of sp³-hybridized carbons (Fsp3) is 0.267. The molecule has 1 atom stereocenters. The highest BCUT2D eigenvalue weighted by atomic mass is 79.9. The van der Waals surface area contributed by atoms with Crippen LogP contribution < -0.4 is 5.32 Å². The van der Waals surface area contributed by atoms with Crippen LogP contribution in [0.15, 0.2) is 46.3 Å².